The van der Waals surface area contributed by atoms with E-state index >= 15 is 0 Å². The lowest BCUT2D eigenvalue weighted by atomic mass is 9.95. The number of hydrogen-bond acceptors (Lipinski definition) is 5. The minimum atomic E-state index is -5.18. The van der Waals surface area contributed by atoms with E-state index in [-0.39, 0.29) is 23.5 Å². The molecule has 2 heterocycles. The van der Waals surface area contributed by atoms with Crippen molar-refractivity contribution in [1.82, 2.24) is 5.32 Å². The zero-order valence-corrected chi connectivity index (χ0v) is 16.7. The van der Waals surface area contributed by atoms with Crippen LogP contribution in [0.1, 0.15) is 37.0 Å². The van der Waals surface area contributed by atoms with Crippen molar-refractivity contribution in [2.24, 2.45) is 0 Å². The van der Waals surface area contributed by atoms with E-state index in [2.05, 4.69) is 10.2 Å². The molecule has 2 aromatic rings. The summed E-state index contributed by atoms with van der Waals surface area (Å²) in [6.45, 7) is -0.0937. The van der Waals surface area contributed by atoms with Crippen molar-refractivity contribution in [3.05, 3.63) is 57.6 Å². The van der Waals surface area contributed by atoms with Gasteiger partial charge in [-0.25, -0.2) is 4.79 Å². The first kappa shape index (κ1) is 23.4. The van der Waals surface area contributed by atoms with Crippen LogP contribution in [0.2, 0.25) is 0 Å². The maximum absolute atomic E-state index is 12.5. The Kier molecular flexibility index (Phi) is 6.39. The number of thiophene rings is 1. The molecule has 0 saturated carbocycles. The van der Waals surface area contributed by atoms with Gasteiger partial charge in [0.05, 0.1) is 15.3 Å². The third-order valence-corrected chi connectivity index (χ3v) is 5.43. The van der Waals surface area contributed by atoms with E-state index in [9.17, 15) is 40.7 Å². The summed E-state index contributed by atoms with van der Waals surface area (Å²) in [6.07, 6.45) is -6.70. The number of allylic oxidation sites excluding steroid dienone is 1. The Morgan fingerprint density at radius 2 is 1.72 bits per heavy atom. The monoisotopic (exact) mass is 479 g/mol. The van der Waals surface area contributed by atoms with Crippen LogP contribution in [0.3, 0.4) is 0 Å². The fourth-order valence-electron chi connectivity index (χ4n) is 2.93. The van der Waals surface area contributed by atoms with Crippen LogP contribution in [0.5, 0.6) is 0 Å². The topological polar surface area (TPSA) is 76.4 Å². The van der Waals surface area contributed by atoms with Gasteiger partial charge in [-0.15, -0.1) is 11.3 Å². The van der Waals surface area contributed by atoms with Crippen LogP contribution < -0.4 is 14.9 Å². The minimum absolute atomic E-state index is 0.0937. The maximum atomic E-state index is 12.5. The Morgan fingerprint density at radius 1 is 1.03 bits per heavy atom. The van der Waals surface area contributed by atoms with Crippen molar-refractivity contribution in [2.75, 3.05) is 6.54 Å². The average molecular weight is 479 g/mol. The Labute approximate surface area is 180 Å². The Morgan fingerprint density at radius 3 is 2.38 bits per heavy atom. The van der Waals surface area contributed by atoms with Crippen LogP contribution in [0, 0.1) is 0 Å². The molecule has 0 radical (unpaired) electrons. The molecule has 0 fully saturated rings. The molecule has 6 nitrogen and oxygen atoms in total. The summed E-state index contributed by atoms with van der Waals surface area (Å²) in [5.74, 6) is -5.16. The number of aromatic nitrogens is 1. The number of pyridine rings is 1. The smallest absolute Gasteiger partial charge is 0.347 e. The number of ketones is 1. The lowest BCUT2D eigenvalue weighted by Crippen LogP contribution is -2.53. The molecule has 0 spiro atoms. The van der Waals surface area contributed by atoms with E-state index in [4.69, 9.17) is 0 Å². The number of halogens is 6. The number of nitrogens with zero attached hydrogens (tertiary/aromatic N) is 1. The third kappa shape index (κ3) is 5.15. The highest BCUT2D eigenvalue weighted by molar-refractivity contribution is 7.16. The van der Waals surface area contributed by atoms with Gasteiger partial charge in [-0.1, -0.05) is 6.08 Å². The van der Waals surface area contributed by atoms with Gasteiger partial charge in [-0.3, -0.25) is 9.59 Å². The Hall–Kier alpha value is -3.22. The molecule has 170 valence electrons. The number of rotatable bonds is 5. The second-order valence-corrected chi connectivity index (χ2v) is 7.60. The normalized spacial score (nSPS) is 13.8. The van der Waals surface area contributed by atoms with Crippen LogP contribution in [0.4, 0.5) is 26.3 Å². The number of amides is 1. The number of hydrogen-bond donors (Lipinski definition) is 1. The van der Waals surface area contributed by atoms with Crippen LogP contribution >= 0.6 is 11.3 Å². The predicted octanol–water partition coefficient (Wildman–Crippen LogP) is 3.06. The van der Waals surface area contributed by atoms with Gasteiger partial charge < -0.3 is 5.32 Å². The van der Waals surface area contributed by atoms with Crippen LogP contribution in [-0.2, 0) is 11.2 Å². The molecule has 0 saturated heterocycles. The summed E-state index contributed by atoms with van der Waals surface area (Å²) in [7, 11) is 0. The lowest BCUT2D eigenvalue weighted by molar-refractivity contribution is -0.876. The van der Waals surface area contributed by atoms with Crippen molar-refractivity contribution in [2.45, 2.75) is 25.2 Å². The number of nitrogens with one attached hydrogen (secondary N) is 1. The van der Waals surface area contributed by atoms with Crippen molar-refractivity contribution < 1.29 is 50.3 Å². The third-order valence-electron chi connectivity index (χ3n) is 4.34. The van der Waals surface area contributed by atoms with E-state index in [0.717, 1.165) is 18.3 Å². The fraction of sp³-hybridized carbons (Fsp3) is 0.263. The van der Waals surface area contributed by atoms with E-state index < -0.39 is 34.9 Å². The molecule has 0 aromatic carbocycles. The van der Waals surface area contributed by atoms with E-state index in [0.29, 0.717) is 33.6 Å². The van der Waals surface area contributed by atoms with E-state index in [1.807, 2.05) is 0 Å². The summed E-state index contributed by atoms with van der Waals surface area (Å²) in [4.78, 5) is 38.3. The quantitative estimate of drug-likeness (QED) is 0.407. The molecule has 0 aliphatic heterocycles. The van der Waals surface area contributed by atoms with E-state index in [1.54, 1.807) is 12.1 Å². The summed E-state index contributed by atoms with van der Waals surface area (Å²) in [6, 6.07) is 4.92. The van der Waals surface area contributed by atoms with Crippen molar-refractivity contribution in [3.8, 4) is 0 Å². The standard InChI is InChI=1S/C19H12F6N2O4S/c20-18(21,22)15(28)13-6-7-14(32-13)16(29)26-9-10-3-1-5-12-11(10)4-2-8-27(12)31-17(30)19(23,24)25/h2-4,6-8H,1,5,9H2/p+1. The Balaban J connectivity index is 1.72. The van der Waals surface area contributed by atoms with Gasteiger partial charge in [-0.05, 0) is 30.2 Å². The largest absolute Gasteiger partial charge is 0.498 e. The van der Waals surface area contributed by atoms with Gasteiger partial charge in [-0.2, -0.15) is 31.2 Å². The second-order valence-electron chi connectivity index (χ2n) is 6.51. The molecule has 1 aliphatic carbocycles. The predicted molar refractivity (Wildman–Crippen MR) is 97.6 cm³/mol. The first-order chi connectivity index (χ1) is 14.9. The zero-order valence-electron chi connectivity index (χ0n) is 15.8. The summed E-state index contributed by atoms with van der Waals surface area (Å²) in [5.41, 5.74) is 1.24. The molecule has 1 amide bonds. The average Bonchev–Trinajstić information content (AvgIpc) is 3.20. The van der Waals surface area contributed by atoms with Crippen LogP contribution in [-0.4, -0.2) is 36.6 Å². The number of fused-ring (bicyclic) bond motifs is 1. The van der Waals surface area contributed by atoms with Crippen LogP contribution in [0.25, 0.3) is 5.57 Å². The van der Waals surface area contributed by atoms with Gasteiger partial charge in [0, 0.05) is 23.8 Å². The summed E-state index contributed by atoms with van der Waals surface area (Å²) >= 11 is 0.391. The highest BCUT2D eigenvalue weighted by Crippen LogP contribution is 2.27. The second kappa shape index (κ2) is 8.73. The number of carbonyl (C=O) groups is 3. The zero-order chi connectivity index (χ0) is 23.7. The first-order valence-corrected chi connectivity index (χ1v) is 9.71. The first-order valence-electron chi connectivity index (χ1n) is 8.90. The number of alkyl halides is 6. The lowest BCUT2D eigenvalue weighted by Gasteiger charge is -2.15. The van der Waals surface area contributed by atoms with Crippen molar-refractivity contribution in [1.29, 1.82) is 0 Å². The molecular weight excluding hydrogens is 466 g/mol. The SMILES string of the molecule is O=C(NCC1=CCCc2c1ccc[n+]2OC(=O)C(F)(F)F)c1ccc(C(=O)C(F)(F)F)s1. The molecule has 3 rings (SSSR count). The molecule has 0 atom stereocenters. The number of Topliss-reactive ketones (excluding diaryl/α,β-unsaturated/α-hetero) is 1. The minimum Gasteiger partial charge on any atom is -0.347 e. The molecular formula is C19H13F6N2O4S+. The van der Waals surface area contributed by atoms with Gasteiger partial charge in [0.25, 0.3) is 11.7 Å². The maximum Gasteiger partial charge on any atom is 0.498 e. The summed E-state index contributed by atoms with van der Waals surface area (Å²) < 4.78 is 75.7. The summed E-state index contributed by atoms with van der Waals surface area (Å²) in [5, 5.41) is 2.50. The van der Waals surface area contributed by atoms with Gasteiger partial charge >= 0.3 is 18.3 Å². The molecule has 32 heavy (non-hydrogen) atoms. The molecule has 1 N–H and O–H groups in total. The number of carbonyl (C=O) groups excluding carboxylic acids is 3. The molecule has 1 aliphatic rings. The van der Waals surface area contributed by atoms with E-state index in [1.165, 1.54) is 6.07 Å². The molecule has 0 bridgehead atoms. The van der Waals surface area contributed by atoms with Gasteiger partial charge in [0.2, 0.25) is 11.9 Å². The highest BCUT2D eigenvalue weighted by Gasteiger charge is 2.45. The van der Waals surface area contributed by atoms with Crippen molar-refractivity contribution >= 4 is 34.6 Å². The van der Waals surface area contributed by atoms with Crippen LogP contribution in [0.15, 0.2) is 36.5 Å². The fourth-order valence-corrected chi connectivity index (χ4v) is 3.81. The Bertz CT molecular complexity index is 1100. The molecule has 2 aromatic heterocycles. The van der Waals surface area contributed by atoms with Gasteiger partial charge in [0.1, 0.15) is 0 Å². The van der Waals surface area contributed by atoms with Gasteiger partial charge in [0.15, 0.2) is 0 Å². The van der Waals surface area contributed by atoms with Crippen molar-refractivity contribution in [3.63, 3.8) is 0 Å². The molecule has 13 heteroatoms. The molecule has 0 unspecified atom stereocenters. The highest BCUT2D eigenvalue weighted by atomic mass is 32.1.